The Labute approximate surface area is 126 Å². The molecule has 3 rings (SSSR count). The van der Waals surface area contributed by atoms with Gasteiger partial charge in [-0.05, 0) is 43.7 Å². The zero-order valence-electron chi connectivity index (χ0n) is 12.6. The second-order valence-electron chi connectivity index (χ2n) is 6.51. The molecule has 0 aromatic heterocycles. The zero-order chi connectivity index (χ0) is 14.9. The van der Waals surface area contributed by atoms with Gasteiger partial charge in [-0.15, -0.1) is 0 Å². The van der Waals surface area contributed by atoms with Gasteiger partial charge in [0.25, 0.3) is 0 Å². The topological polar surface area (TPSA) is 52.6 Å². The summed E-state index contributed by atoms with van der Waals surface area (Å²) in [6.07, 6.45) is 3.28. The number of benzene rings is 1. The Morgan fingerprint density at radius 1 is 1.33 bits per heavy atom. The smallest absolute Gasteiger partial charge is 0.244 e. The summed E-state index contributed by atoms with van der Waals surface area (Å²) in [7, 11) is 0. The Bertz CT molecular complexity index is 527. The van der Waals surface area contributed by atoms with Gasteiger partial charge in [-0.3, -0.25) is 4.79 Å². The van der Waals surface area contributed by atoms with Gasteiger partial charge in [0.1, 0.15) is 6.04 Å². The molecule has 1 amide bonds. The molecule has 0 saturated carbocycles. The van der Waals surface area contributed by atoms with Crippen LogP contribution in [0.15, 0.2) is 24.3 Å². The number of rotatable bonds is 1. The molecule has 21 heavy (non-hydrogen) atoms. The van der Waals surface area contributed by atoms with E-state index in [4.69, 9.17) is 0 Å². The fourth-order valence-corrected chi connectivity index (χ4v) is 3.39. The Kier molecular flexibility index (Phi) is 4.00. The van der Waals surface area contributed by atoms with Gasteiger partial charge in [-0.1, -0.05) is 24.3 Å². The van der Waals surface area contributed by atoms with Crippen molar-refractivity contribution < 1.29 is 9.90 Å². The SMILES string of the molecule is CC1(O)CCCN(C(=O)C2NCCc3ccccc32)CC1. The Hall–Kier alpha value is -1.39. The van der Waals surface area contributed by atoms with Crippen molar-refractivity contribution in [3.8, 4) is 0 Å². The van der Waals surface area contributed by atoms with Gasteiger partial charge in [-0.2, -0.15) is 0 Å². The molecule has 0 spiro atoms. The molecule has 2 atom stereocenters. The molecule has 1 aromatic carbocycles. The van der Waals surface area contributed by atoms with Crippen molar-refractivity contribution in [2.24, 2.45) is 0 Å². The van der Waals surface area contributed by atoms with Crippen molar-refractivity contribution in [2.45, 2.75) is 44.2 Å². The number of hydrogen-bond donors (Lipinski definition) is 2. The number of fused-ring (bicyclic) bond motifs is 1. The van der Waals surface area contributed by atoms with Gasteiger partial charge in [0, 0.05) is 19.6 Å². The van der Waals surface area contributed by atoms with Crippen LogP contribution in [0.4, 0.5) is 0 Å². The summed E-state index contributed by atoms with van der Waals surface area (Å²) < 4.78 is 0. The molecule has 2 aliphatic heterocycles. The number of carbonyl (C=O) groups excluding carboxylic acids is 1. The van der Waals surface area contributed by atoms with Crippen LogP contribution in [-0.4, -0.2) is 41.1 Å². The number of amides is 1. The molecular formula is C17H24N2O2. The molecule has 1 saturated heterocycles. The van der Waals surface area contributed by atoms with Crippen LogP contribution in [0.5, 0.6) is 0 Å². The predicted octanol–water partition coefficient (Wildman–Crippen LogP) is 1.64. The molecule has 1 aromatic rings. The zero-order valence-corrected chi connectivity index (χ0v) is 12.6. The van der Waals surface area contributed by atoms with E-state index < -0.39 is 5.60 Å². The fourth-order valence-electron chi connectivity index (χ4n) is 3.39. The lowest BCUT2D eigenvalue weighted by Gasteiger charge is -2.31. The van der Waals surface area contributed by atoms with Crippen LogP contribution in [0.2, 0.25) is 0 Å². The minimum absolute atomic E-state index is 0.153. The summed E-state index contributed by atoms with van der Waals surface area (Å²) in [5.74, 6) is 0.153. The minimum Gasteiger partial charge on any atom is -0.390 e. The van der Waals surface area contributed by atoms with E-state index in [1.165, 1.54) is 5.56 Å². The average molecular weight is 288 g/mol. The molecule has 0 aliphatic carbocycles. The van der Waals surface area contributed by atoms with Crippen molar-refractivity contribution in [3.63, 3.8) is 0 Å². The minimum atomic E-state index is -0.632. The van der Waals surface area contributed by atoms with E-state index in [1.54, 1.807) is 0 Å². The van der Waals surface area contributed by atoms with Crippen LogP contribution < -0.4 is 5.32 Å². The molecule has 2 N–H and O–H groups in total. The van der Waals surface area contributed by atoms with Crippen molar-refractivity contribution in [1.82, 2.24) is 10.2 Å². The molecular weight excluding hydrogens is 264 g/mol. The second kappa shape index (κ2) is 5.78. The standard InChI is InChI=1S/C17H24N2O2/c1-17(21)8-4-11-19(12-9-17)16(20)15-14-6-3-2-5-13(14)7-10-18-15/h2-3,5-6,15,18,21H,4,7-12H2,1H3. The molecule has 114 valence electrons. The highest BCUT2D eigenvalue weighted by Gasteiger charge is 2.32. The van der Waals surface area contributed by atoms with E-state index in [1.807, 2.05) is 24.0 Å². The molecule has 2 unspecified atom stereocenters. The fraction of sp³-hybridized carbons (Fsp3) is 0.588. The molecule has 2 aliphatic rings. The maximum Gasteiger partial charge on any atom is 0.244 e. The molecule has 2 heterocycles. The third-order valence-electron chi connectivity index (χ3n) is 4.73. The van der Waals surface area contributed by atoms with E-state index in [-0.39, 0.29) is 11.9 Å². The summed E-state index contributed by atoms with van der Waals surface area (Å²) in [6, 6.07) is 7.98. The summed E-state index contributed by atoms with van der Waals surface area (Å²) >= 11 is 0. The first-order valence-corrected chi connectivity index (χ1v) is 7.89. The Balaban J connectivity index is 1.77. The highest BCUT2D eigenvalue weighted by molar-refractivity contribution is 5.84. The van der Waals surface area contributed by atoms with Crippen LogP contribution in [0.3, 0.4) is 0 Å². The number of likely N-dealkylation sites (tertiary alicyclic amines) is 1. The van der Waals surface area contributed by atoms with E-state index in [0.29, 0.717) is 13.0 Å². The number of hydrogen-bond acceptors (Lipinski definition) is 3. The Morgan fingerprint density at radius 3 is 3.00 bits per heavy atom. The number of aliphatic hydroxyl groups is 1. The van der Waals surface area contributed by atoms with E-state index in [2.05, 4.69) is 17.4 Å². The lowest BCUT2D eigenvalue weighted by Crippen LogP contribution is -2.44. The first-order valence-electron chi connectivity index (χ1n) is 7.89. The maximum absolute atomic E-state index is 12.9. The number of carbonyl (C=O) groups is 1. The van der Waals surface area contributed by atoms with Crippen molar-refractivity contribution in [3.05, 3.63) is 35.4 Å². The van der Waals surface area contributed by atoms with E-state index >= 15 is 0 Å². The molecule has 0 radical (unpaired) electrons. The van der Waals surface area contributed by atoms with Crippen LogP contribution in [-0.2, 0) is 11.2 Å². The first-order chi connectivity index (χ1) is 10.1. The molecule has 4 heteroatoms. The summed E-state index contributed by atoms with van der Waals surface area (Å²) in [5.41, 5.74) is 1.76. The molecule has 4 nitrogen and oxygen atoms in total. The van der Waals surface area contributed by atoms with E-state index in [0.717, 1.165) is 37.9 Å². The van der Waals surface area contributed by atoms with Crippen LogP contribution in [0, 0.1) is 0 Å². The van der Waals surface area contributed by atoms with Crippen molar-refractivity contribution in [1.29, 1.82) is 0 Å². The second-order valence-corrected chi connectivity index (χ2v) is 6.51. The Morgan fingerprint density at radius 2 is 2.14 bits per heavy atom. The first kappa shape index (κ1) is 14.5. The van der Waals surface area contributed by atoms with Crippen LogP contribution in [0.1, 0.15) is 43.4 Å². The number of nitrogens with zero attached hydrogens (tertiary/aromatic N) is 1. The predicted molar refractivity (Wildman–Crippen MR) is 81.9 cm³/mol. The van der Waals surface area contributed by atoms with Crippen LogP contribution in [0.25, 0.3) is 0 Å². The van der Waals surface area contributed by atoms with Gasteiger partial charge in [-0.25, -0.2) is 0 Å². The van der Waals surface area contributed by atoms with Gasteiger partial charge in [0.05, 0.1) is 5.60 Å². The number of nitrogens with one attached hydrogen (secondary N) is 1. The van der Waals surface area contributed by atoms with Gasteiger partial charge in [0.2, 0.25) is 5.91 Å². The molecule has 1 fully saturated rings. The lowest BCUT2D eigenvalue weighted by atomic mass is 9.93. The third-order valence-corrected chi connectivity index (χ3v) is 4.73. The monoisotopic (exact) mass is 288 g/mol. The summed E-state index contributed by atoms with van der Waals surface area (Å²) in [6.45, 7) is 4.11. The summed E-state index contributed by atoms with van der Waals surface area (Å²) in [5, 5.41) is 13.5. The lowest BCUT2D eigenvalue weighted by molar-refractivity contribution is -0.133. The van der Waals surface area contributed by atoms with Gasteiger partial charge < -0.3 is 15.3 Å². The van der Waals surface area contributed by atoms with Gasteiger partial charge >= 0.3 is 0 Å². The van der Waals surface area contributed by atoms with Crippen molar-refractivity contribution in [2.75, 3.05) is 19.6 Å². The summed E-state index contributed by atoms with van der Waals surface area (Å²) in [4.78, 5) is 14.8. The largest absolute Gasteiger partial charge is 0.390 e. The molecule has 0 bridgehead atoms. The van der Waals surface area contributed by atoms with Gasteiger partial charge in [0.15, 0.2) is 0 Å². The average Bonchev–Trinajstić information content (AvgIpc) is 2.67. The maximum atomic E-state index is 12.9. The van der Waals surface area contributed by atoms with Crippen LogP contribution >= 0.6 is 0 Å². The van der Waals surface area contributed by atoms with Crippen molar-refractivity contribution >= 4 is 5.91 Å². The normalized spacial score (nSPS) is 29.6. The highest BCUT2D eigenvalue weighted by Crippen LogP contribution is 2.27. The highest BCUT2D eigenvalue weighted by atomic mass is 16.3. The third kappa shape index (κ3) is 3.11. The van der Waals surface area contributed by atoms with E-state index in [9.17, 15) is 9.90 Å². The quantitative estimate of drug-likeness (QED) is 0.826.